The Morgan fingerprint density at radius 2 is 2.04 bits per heavy atom. The van der Waals surface area contributed by atoms with Crippen LogP contribution < -0.4 is 15.8 Å². The van der Waals surface area contributed by atoms with Gasteiger partial charge in [0.1, 0.15) is 11.6 Å². The average molecular weight is 352 g/mol. The highest BCUT2D eigenvalue weighted by Crippen LogP contribution is 2.29. The molecule has 2 N–H and O–H groups in total. The minimum absolute atomic E-state index is 0.0596. The third-order valence-electron chi connectivity index (χ3n) is 4.23. The molecule has 26 heavy (non-hydrogen) atoms. The van der Waals surface area contributed by atoms with Crippen molar-refractivity contribution in [1.82, 2.24) is 9.55 Å². The molecule has 0 bridgehead atoms. The monoisotopic (exact) mass is 352 g/mol. The minimum Gasteiger partial charge on any atom is -0.507 e. The first-order valence-electron chi connectivity index (χ1n) is 8.11. The number of carbonyl (C=O) groups is 1. The first-order chi connectivity index (χ1) is 12.4. The third-order valence-corrected chi connectivity index (χ3v) is 4.23. The third kappa shape index (κ3) is 3.23. The molecule has 3 aromatic rings. The maximum atomic E-state index is 12.6. The Kier molecular flexibility index (Phi) is 4.62. The number of nitrogens with zero attached hydrogens (tertiary/aromatic N) is 3. The van der Waals surface area contributed by atoms with Gasteiger partial charge < -0.3 is 19.9 Å². The lowest BCUT2D eigenvalue weighted by Crippen LogP contribution is -2.26. The van der Waals surface area contributed by atoms with Crippen molar-refractivity contribution in [2.75, 3.05) is 24.3 Å². The molecule has 7 nitrogen and oxygen atoms in total. The molecule has 2 aromatic heterocycles. The predicted octanol–water partition coefficient (Wildman–Crippen LogP) is 1.89. The number of hydrogen-bond acceptors (Lipinski definition) is 5. The van der Waals surface area contributed by atoms with Crippen LogP contribution in [0.5, 0.6) is 5.75 Å². The van der Waals surface area contributed by atoms with Crippen LogP contribution in [0.25, 0.3) is 10.9 Å². The Morgan fingerprint density at radius 3 is 2.69 bits per heavy atom. The quantitative estimate of drug-likeness (QED) is 0.749. The second-order valence-corrected chi connectivity index (χ2v) is 6.23. The molecule has 3 rings (SSSR count). The SMILES string of the molecule is CN(C)c1ccc2c(c1)c(O)c(CC(=O)Nc1ccccn1)c(=O)n2C. The summed E-state index contributed by atoms with van der Waals surface area (Å²) in [6.45, 7) is 0. The van der Waals surface area contributed by atoms with Crippen molar-refractivity contribution in [2.45, 2.75) is 6.42 Å². The predicted molar refractivity (Wildman–Crippen MR) is 102 cm³/mol. The van der Waals surface area contributed by atoms with Crippen LogP contribution in [0.2, 0.25) is 0 Å². The summed E-state index contributed by atoms with van der Waals surface area (Å²) in [7, 11) is 5.41. The number of fused-ring (bicyclic) bond motifs is 1. The number of nitrogens with one attached hydrogen (secondary N) is 1. The summed E-state index contributed by atoms with van der Waals surface area (Å²) >= 11 is 0. The summed E-state index contributed by atoms with van der Waals surface area (Å²) in [5, 5.41) is 13.8. The number of hydrogen-bond donors (Lipinski definition) is 2. The second kappa shape index (κ2) is 6.87. The van der Waals surface area contributed by atoms with Crippen LogP contribution >= 0.6 is 0 Å². The van der Waals surface area contributed by atoms with E-state index >= 15 is 0 Å². The van der Waals surface area contributed by atoms with E-state index in [0.717, 1.165) is 5.69 Å². The summed E-state index contributed by atoms with van der Waals surface area (Å²) in [6, 6.07) is 10.6. The van der Waals surface area contributed by atoms with Gasteiger partial charge in [0.2, 0.25) is 5.91 Å². The van der Waals surface area contributed by atoms with Crippen molar-refractivity contribution in [3.05, 3.63) is 58.5 Å². The fraction of sp³-hybridized carbons (Fsp3) is 0.211. The van der Waals surface area contributed by atoms with Crippen LogP contribution in [-0.4, -0.2) is 34.7 Å². The number of rotatable bonds is 4. The van der Waals surface area contributed by atoms with Gasteiger partial charge in [-0.05, 0) is 30.3 Å². The molecule has 134 valence electrons. The number of aromatic nitrogens is 2. The van der Waals surface area contributed by atoms with Gasteiger partial charge in [0, 0.05) is 38.4 Å². The van der Waals surface area contributed by atoms with Crippen LogP contribution in [0.3, 0.4) is 0 Å². The zero-order valence-corrected chi connectivity index (χ0v) is 14.9. The van der Waals surface area contributed by atoms with E-state index in [0.29, 0.717) is 16.7 Å². The Morgan fingerprint density at radius 1 is 1.27 bits per heavy atom. The molecule has 0 aliphatic carbocycles. The van der Waals surface area contributed by atoms with Gasteiger partial charge in [-0.2, -0.15) is 0 Å². The van der Waals surface area contributed by atoms with Gasteiger partial charge in [0.05, 0.1) is 17.5 Å². The molecule has 0 saturated carbocycles. The summed E-state index contributed by atoms with van der Waals surface area (Å²) in [5.74, 6) is -0.188. The first-order valence-corrected chi connectivity index (χ1v) is 8.11. The van der Waals surface area contributed by atoms with E-state index < -0.39 is 11.5 Å². The highest BCUT2D eigenvalue weighted by Gasteiger charge is 2.18. The van der Waals surface area contributed by atoms with Crippen molar-refractivity contribution in [3.63, 3.8) is 0 Å². The second-order valence-electron chi connectivity index (χ2n) is 6.23. The van der Waals surface area contributed by atoms with E-state index in [9.17, 15) is 14.7 Å². The maximum Gasteiger partial charge on any atom is 0.258 e. The van der Waals surface area contributed by atoms with Gasteiger partial charge in [0.25, 0.3) is 5.56 Å². The molecule has 0 spiro atoms. The molecule has 1 aromatic carbocycles. The Bertz CT molecular complexity index is 1030. The first kappa shape index (κ1) is 17.5. The van der Waals surface area contributed by atoms with Crippen LogP contribution in [0.15, 0.2) is 47.4 Å². The summed E-state index contributed by atoms with van der Waals surface area (Å²) in [6.07, 6.45) is 1.32. The molecular weight excluding hydrogens is 332 g/mol. The fourth-order valence-corrected chi connectivity index (χ4v) is 2.80. The molecule has 0 aliphatic rings. The van der Waals surface area contributed by atoms with Gasteiger partial charge in [-0.15, -0.1) is 0 Å². The van der Waals surface area contributed by atoms with Gasteiger partial charge in [-0.3, -0.25) is 9.59 Å². The molecule has 0 aliphatic heterocycles. The standard InChI is InChI=1S/C19H20N4O3/c1-22(2)12-7-8-15-13(10-12)18(25)14(19(26)23(15)3)11-17(24)21-16-6-4-5-9-20-16/h4-10,25H,11H2,1-3H3,(H,20,21,24). The molecule has 7 heteroatoms. The molecule has 0 radical (unpaired) electrons. The number of pyridine rings is 2. The van der Waals surface area contributed by atoms with E-state index in [-0.39, 0.29) is 17.7 Å². The zero-order valence-electron chi connectivity index (χ0n) is 14.9. The van der Waals surface area contributed by atoms with E-state index in [1.807, 2.05) is 25.1 Å². The molecule has 0 atom stereocenters. The van der Waals surface area contributed by atoms with Crippen LogP contribution in [0.1, 0.15) is 5.56 Å². The lowest BCUT2D eigenvalue weighted by atomic mass is 10.1. The highest BCUT2D eigenvalue weighted by atomic mass is 16.3. The fourth-order valence-electron chi connectivity index (χ4n) is 2.80. The lowest BCUT2D eigenvalue weighted by Gasteiger charge is -2.16. The van der Waals surface area contributed by atoms with Gasteiger partial charge in [-0.1, -0.05) is 6.07 Å². The Balaban J connectivity index is 2.02. The molecule has 0 saturated heterocycles. The number of anilines is 2. The van der Waals surface area contributed by atoms with Crippen molar-refractivity contribution < 1.29 is 9.90 Å². The van der Waals surface area contributed by atoms with Crippen molar-refractivity contribution >= 4 is 28.3 Å². The molecule has 1 amide bonds. The van der Waals surface area contributed by atoms with Gasteiger partial charge in [0.15, 0.2) is 0 Å². The number of amides is 1. The molecular formula is C19H20N4O3. The lowest BCUT2D eigenvalue weighted by molar-refractivity contribution is -0.115. The average Bonchev–Trinajstić information content (AvgIpc) is 2.63. The molecule has 0 unspecified atom stereocenters. The van der Waals surface area contributed by atoms with E-state index in [4.69, 9.17) is 0 Å². The van der Waals surface area contributed by atoms with Gasteiger partial charge in [-0.25, -0.2) is 4.98 Å². The zero-order chi connectivity index (χ0) is 18.8. The van der Waals surface area contributed by atoms with E-state index in [2.05, 4.69) is 10.3 Å². The Labute approximate surface area is 150 Å². The number of aryl methyl sites for hydroxylation is 1. The highest BCUT2D eigenvalue weighted by molar-refractivity contribution is 5.94. The summed E-state index contributed by atoms with van der Waals surface area (Å²) < 4.78 is 1.44. The largest absolute Gasteiger partial charge is 0.507 e. The topological polar surface area (TPSA) is 87.5 Å². The molecule has 2 heterocycles. The Hall–Kier alpha value is -3.35. The number of aromatic hydroxyl groups is 1. The van der Waals surface area contributed by atoms with E-state index in [1.54, 1.807) is 43.6 Å². The van der Waals surface area contributed by atoms with Crippen LogP contribution in [0, 0.1) is 0 Å². The summed E-state index contributed by atoms with van der Waals surface area (Å²) in [5.41, 5.74) is 1.15. The van der Waals surface area contributed by atoms with Crippen LogP contribution in [0.4, 0.5) is 11.5 Å². The van der Waals surface area contributed by atoms with Crippen LogP contribution in [-0.2, 0) is 18.3 Å². The summed E-state index contributed by atoms with van der Waals surface area (Å²) in [4.78, 5) is 30.8. The number of benzene rings is 1. The van der Waals surface area contributed by atoms with Gasteiger partial charge >= 0.3 is 0 Å². The normalized spacial score (nSPS) is 10.7. The minimum atomic E-state index is -0.417. The molecule has 0 fully saturated rings. The maximum absolute atomic E-state index is 12.6. The van der Waals surface area contributed by atoms with E-state index in [1.165, 1.54) is 4.57 Å². The van der Waals surface area contributed by atoms with Crippen molar-refractivity contribution in [3.8, 4) is 5.75 Å². The number of carbonyl (C=O) groups excluding carboxylic acids is 1. The van der Waals surface area contributed by atoms with Crippen molar-refractivity contribution in [1.29, 1.82) is 0 Å². The van der Waals surface area contributed by atoms with Crippen molar-refractivity contribution in [2.24, 2.45) is 7.05 Å². The smallest absolute Gasteiger partial charge is 0.258 e.